The van der Waals surface area contributed by atoms with E-state index in [9.17, 15) is 9.59 Å². The van der Waals surface area contributed by atoms with E-state index in [1.807, 2.05) is 0 Å². The summed E-state index contributed by atoms with van der Waals surface area (Å²) in [6.07, 6.45) is 3.29. The van der Waals surface area contributed by atoms with Crippen molar-refractivity contribution in [2.24, 2.45) is 0 Å². The molecule has 0 unspecified atom stereocenters. The Balaban J connectivity index is 3.24. The van der Waals surface area contributed by atoms with Crippen LogP contribution in [0.5, 0.6) is 0 Å². The van der Waals surface area contributed by atoms with Crippen LogP contribution in [-0.4, -0.2) is 27.9 Å². The summed E-state index contributed by atoms with van der Waals surface area (Å²) in [4.78, 5) is 21.6. The smallest absolute Gasteiger partial charge is 0.336 e. The van der Waals surface area contributed by atoms with Crippen LogP contribution in [0.2, 0.25) is 0 Å². The molecule has 4 nitrogen and oxygen atoms in total. The predicted molar refractivity (Wildman–Crippen MR) is 63.2 cm³/mol. The van der Waals surface area contributed by atoms with Gasteiger partial charge in [-0.25, -0.2) is 9.59 Å². The van der Waals surface area contributed by atoms with E-state index in [1.54, 1.807) is 12.2 Å². The Bertz CT molecular complexity index is 451. The highest BCUT2D eigenvalue weighted by atomic mass is 32.1. The van der Waals surface area contributed by atoms with E-state index in [-0.39, 0.29) is 11.1 Å². The summed E-state index contributed by atoms with van der Waals surface area (Å²) in [6, 6.07) is 3.97. The van der Waals surface area contributed by atoms with Crippen LogP contribution in [0.4, 0.5) is 0 Å². The number of carboxylic acids is 2. The van der Waals surface area contributed by atoms with Crippen LogP contribution >= 0.6 is 12.6 Å². The summed E-state index contributed by atoms with van der Waals surface area (Å²) in [5, 5.41) is 17.7. The molecule has 0 saturated carbocycles. The van der Waals surface area contributed by atoms with E-state index in [0.29, 0.717) is 11.3 Å². The molecule has 5 heteroatoms. The molecule has 2 N–H and O–H groups in total. The Hall–Kier alpha value is -1.75. The first-order chi connectivity index (χ1) is 7.56. The number of hydrogen-bond acceptors (Lipinski definition) is 3. The molecule has 0 aromatic heterocycles. The second-order valence-electron chi connectivity index (χ2n) is 3.00. The molecule has 0 aliphatic heterocycles. The Morgan fingerprint density at radius 3 is 2.44 bits per heavy atom. The maximum atomic E-state index is 10.9. The zero-order valence-electron chi connectivity index (χ0n) is 8.25. The molecule has 1 aromatic carbocycles. The average molecular weight is 238 g/mol. The zero-order chi connectivity index (χ0) is 12.1. The Morgan fingerprint density at radius 2 is 1.94 bits per heavy atom. The number of hydrogen-bond donors (Lipinski definition) is 3. The first-order valence-electron chi connectivity index (χ1n) is 4.44. The van der Waals surface area contributed by atoms with Crippen LogP contribution in [0.15, 0.2) is 24.3 Å². The second kappa shape index (κ2) is 5.37. The van der Waals surface area contributed by atoms with Gasteiger partial charge in [-0.1, -0.05) is 18.2 Å². The third-order valence-electron chi connectivity index (χ3n) is 1.93. The third-order valence-corrected chi connectivity index (χ3v) is 2.14. The minimum atomic E-state index is -1.15. The fourth-order valence-electron chi connectivity index (χ4n) is 1.20. The molecule has 1 aromatic rings. The van der Waals surface area contributed by atoms with Crippen molar-refractivity contribution < 1.29 is 19.8 Å². The number of carbonyl (C=O) groups is 2. The lowest BCUT2D eigenvalue weighted by Gasteiger charge is -2.02. The molecule has 0 radical (unpaired) electrons. The SMILES string of the molecule is O=C(O)c1ccc(C=CCS)c(C(=O)O)c1. The molecule has 0 spiro atoms. The molecule has 0 heterocycles. The van der Waals surface area contributed by atoms with Crippen molar-refractivity contribution in [1.29, 1.82) is 0 Å². The summed E-state index contributed by atoms with van der Waals surface area (Å²) < 4.78 is 0. The molecular weight excluding hydrogens is 228 g/mol. The highest BCUT2D eigenvalue weighted by Gasteiger charge is 2.11. The summed E-state index contributed by atoms with van der Waals surface area (Å²) in [6.45, 7) is 0. The van der Waals surface area contributed by atoms with E-state index in [0.717, 1.165) is 6.07 Å². The molecule has 0 saturated heterocycles. The Kier molecular flexibility index (Phi) is 4.13. The van der Waals surface area contributed by atoms with Crippen molar-refractivity contribution in [1.82, 2.24) is 0 Å². The Labute approximate surface area is 97.6 Å². The van der Waals surface area contributed by atoms with Crippen molar-refractivity contribution in [3.63, 3.8) is 0 Å². The monoisotopic (exact) mass is 238 g/mol. The van der Waals surface area contributed by atoms with Gasteiger partial charge in [-0.05, 0) is 17.7 Å². The number of aromatic carboxylic acids is 2. The molecule has 84 valence electrons. The van der Waals surface area contributed by atoms with Gasteiger partial charge in [-0.2, -0.15) is 12.6 Å². The topological polar surface area (TPSA) is 74.6 Å². The van der Waals surface area contributed by atoms with Gasteiger partial charge in [-0.3, -0.25) is 0 Å². The first-order valence-corrected chi connectivity index (χ1v) is 5.07. The molecule has 0 bridgehead atoms. The molecule has 0 aliphatic rings. The highest BCUT2D eigenvalue weighted by molar-refractivity contribution is 7.80. The van der Waals surface area contributed by atoms with Gasteiger partial charge in [0.05, 0.1) is 11.1 Å². The normalized spacial score (nSPS) is 10.6. The van der Waals surface area contributed by atoms with Crippen molar-refractivity contribution in [2.75, 3.05) is 5.75 Å². The minimum Gasteiger partial charge on any atom is -0.478 e. The standard InChI is InChI=1S/C11H10O4S/c12-10(13)8-4-3-7(2-1-5-16)9(6-8)11(14)15/h1-4,6,16H,5H2,(H,12,13)(H,14,15). The van der Waals surface area contributed by atoms with E-state index in [1.165, 1.54) is 12.1 Å². The average Bonchev–Trinajstić information content (AvgIpc) is 2.25. The van der Waals surface area contributed by atoms with Crippen molar-refractivity contribution in [3.8, 4) is 0 Å². The van der Waals surface area contributed by atoms with Gasteiger partial charge < -0.3 is 10.2 Å². The van der Waals surface area contributed by atoms with Gasteiger partial charge in [0.15, 0.2) is 0 Å². The number of benzene rings is 1. The van der Waals surface area contributed by atoms with Gasteiger partial charge in [0.2, 0.25) is 0 Å². The minimum absolute atomic E-state index is 0.0297. The predicted octanol–water partition coefficient (Wildman–Crippen LogP) is 2.03. The van der Waals surface area contributed by atoms with E-state index >= 15 is 0 Å². The van der Waals surface area contributed by atoms with Crippen LogP contribution in [-0.2, 0) is 0 Å². The largest absolute Gasteiger partial charge is 0.478 e. The van der Waals surface area contributed by atoms with Gasteiger partial charge in [0.25, 0.3) is 0 Å². The van der Waals surface area contributed by atoms with Gasteiger partial charge in [0.1, 0.15) is 0 Å². The van der Waals surface area contributed by atoms with Crippen molar-refractivity contribution in [2.45, 2.75) is 0 Å². The van der Waals surface area contributed by atoms with Crippen LogP contribution in [0.3, 0.4) is 0 Å². The molecule has 0 fully saturated rings. The quantitative estimate of drug-likeness (QED) is 0.701. The maximum absolute atomic E-state index is 10.9. The lowest BCUT2D eigenvalue weighted by atomic mass is 10.0. The van der Waals surface area contributed by atoms with Crippen LogP contribution in [0.25, 0.3) is 6.08 Å². The highest BCUT2D eigenvalue weighted by Crippen LogP contribution is 2.14. The van der Waals surface area contributed by atoms with E-state index in [4.69, 9.17) is 10.2 Å². The fraction of sp³-hybridized carbons (Fsp3) is 0.0909. The summed E-state index contributed by atoms with van der Waals surface area (Å²) in [7, 11) is 0. The van der Waals surface area contributed by atoms with E-state index < -0.39 is 11.9 Å². The second-order valence-corrected chi connectivity index (χ2v) is 3.36. The molecule has 0 atom stereocenters. The fourth-order valence-corrected chi connectivity index (χ4v) is 1.30. The van der Waals surface area contributed by atoms with Crippen LogP contribution in [0.1, 0.15) is 26.3 Å². The van der Waals surface area contributed by atoms with Gasteiger partial charge in [-0.15, -0.1) is 0 Å². The summed E-state index contributed by atoms with van der Waals surface area (Å²) in [5.74, 6) is -1.81. The lowest BCUT2D eigenvalue weighted by molar-refractivity contribution is 0.0695. The lowest BCUT2D eigenvalue weighted by Crippen LogP contribution is -2.04. The van der Waals surface area contributed by atoms with Crippen molar-refractivity contribution >= 4 is 30.6 Å². The molecule has 16 heavy (non-hydrogen) atoms. The first kappa shape index (κ1) is 12.3. The van der Waals surface area contributed by atoms with Crippen LogP contribution in [0, 0.1) is 0 Å². The zero-order valence-corrected chi connectivity index (χ0v) is 9.15. The van der Waals surface area contributed by atoms with Gasteiger partial charge in [0, 0.05) is 5.75 Å². The molecule has 0 amide bonds. The van der Waals surface area contributed by atoms with Crippen LogP contribution < -0.4 is 0 Å². The summed E-state index contributed by atoms with van der Waals surface area (Å²) in [5.41, 5.74) is 0.393. The van der Waals surface area contributed by atoms with Crippen molar-refractivity contribution in [3.05, 3.63) is 41.0 Å². The number of thiol groups is 1. The number of rotatable bonds is 4. The third kappa shape index (κ3) is 2.87. The number of carboxylic acid groups (broad SMARTS) is 2. The molecule has 1 rings (SSSR count). The van der Waals surface area contributed by atoms with Gasteiger partial charge >= 0.3 is 11.9 Å². The maximum Gasteiger partial charge on any atom is 0.336 e. The Morgan fingerprint density at radius 1 is 1.25 bits per heavy atom. The molecular formula is C11H10O4S. The summed E-state index contributed by atoms with van der Waals surface area (Å²) >= 11 is 3.96. The van der Waals surface area contributed by atoms with E-state index in [2.05, 4.69) is 12.6 Å². The molecule has 0 aliphatic carbocycles.